The van der Waals surface area contributed by atoms with Crippen molar-refractivity contribution in [2.45, 2.75) is 37.2 Å². The molecule has 2 aromatic heterocycles. The lowest BCUT2D eigenvalue weighted by Crippen LogP contribution is -2.19. The number of nitrogens with zero attached hydrogens (tertiary/aromatic N) is 3. The van der Waals surface area contributed by atoms with Gasteiger partial charge in [-0.25, -0.2) is 0 Å². The first-order chi connectivity index (χ1) is 9.58. The maximum Gasteiger partial charge on any atom is 0.103 e. The number of hydrogen-bond donors (Lipinski definition) is 1. The molecule has 0 fully saturated rings. The number of aromatic nitrogens is 3. The summed E-state index contributed by atoms with van der Waals surface area (Å²) in [5.74, 6) is 0.656. The van der Waals surface area contributed by atoms with Crippen LogP contribution in [-0.2, 0) is 13.6 Å². The zero-order valence-corrected chi connectivity index (χ0v) is 13.4. The first-order valence-corrected chi connectivity index (χ1v) is 7.70. The molecule has 2 aromatic rings. The van der Waals surface area contributed by atoms with E-state index in [4.69, 9.17) is 0 Å². The number of pyridine rings is 1. The highest BCUT2D eigenvalue weighted by Crippen LogP contribution is 2.31. The third-order valence-electron chi connectivity index (χ3n) is 3.01. The van der Waals surface area contributed by atoms with Crippen LogP contribution in [0.5, 0.6) is 0 Å². The van der Waals surface area contributed by atoms with Crippen molar-refractivity contribution in [2.24, 2.45) is 13.0 Å². The smallest absolute Gasteiger partial charge is 0.103 e. The monoisotopic (exact) mass is 290 g/mol. The maximum atomic E-state index is 4.55. The fraction of sp³-hybridized carbons (Fsp3) is 0.467. The van der Waals surface area contributed by atoms with Crippen LogP contribution in [0.15, 0.2) is 34.4 Å². The average Bonchev–Trinajstić information content (AvgIpc) is 2.66. The molecule has 0 radical (unpaired) electrons. The first-order valence-electron chi connectivity index (χ1n) is 6.89. The van der Waals surface area contributed by atoms with E-state index >= 15 is 0 Å². The van der Waals surface area contributed by atoms with E-state index < -0.39 is 0 Å². The molecule has 0 bridgehead atoms. The van der Waals surface area contributed by atoms with Crippen molar-refractivity contribution in [3.05, 3.63) is 35.8 Å². The zero-order chi connectivity index (χ0) is 14.5. The molecule has 4 nitrogen and oxygen atoms in total. The Kier molecular flexibility index (Phi) is 5.20. The van der Waals surface area contributed by atoms with Gasteiger partial charge in [0, 0.05) is 36.4 Å². The van der Waals surface area contributed by atoms with Crippen LogP contribution in [0, 0.1) is 12.8 Å². The summed E-state index contributed by atoms with van der Waals surface area (Å²) in [5.41, 5.74) is 2.38. The van der Waals surface area contributed by atoms with E-state index in [0.717, 1.165) is 18.8 Å². The Hall–Kier alpha value is -1.33. The van der Waals surface area contributed by atoms with Crippen molar-refractivity contribution in [1.29, 1.82) is 0 Å². The lowest BCUT2D eigenvalue weighted by atomic mass is 10.2. The Balaban J connectivity index is 2.15. The summed E-state index contributed by atoms with van der Waals surface area (Å²) in [6.45, 7) is 8.40. The Morgan fingerprint density at radius 2 is 2.00 bits per heavy atom. The van der Waals surface area contributed by atoms with E-state index in [1.807, 2.05) is 36.3 Å². The molecule has 0 saturated carbocycles. The second-order valence-electron chi connectivity index (χ2n) is 5.30. The van der Waals surface area contributed by atoms with Crippen LogP contribution in [0.4, 0.5) is 0 Å². The highest BCUT2D eigenvalue weighted by molar-refractivity contribution is 7.99. The number of rotatable bonds is 6. The minimum absolute atomic E-state index is 0.656. The summed E-state index contributed by atoms with van der Waals surface area (Å²) >= 11 is 1.74. The number of hydrogen-bond acceptors (Lipinski definition) is 4. The molecule has 1 N–H and O–H groups in total. The van der Waals surface area contributed by atoms with Crippen LogP contribution in [0.1, 0.15) is 25.1 Å². The van der Waals surface area contributed by atoms with Gasteiger partial charge in [0.1, 0.15) is 5.03 Å². The van der Waals surface area contributed by atoms with Gasteiger partial charge in [0.25, 0.3) is 0 Å². The molecule has 0 unspecified atom stereocenters. The summed E-state index contributed by atoms with van der Waals surface area (Å²) in [6.07, 6.45) is 3.64. The molecular weight excluding hydrogens is 268 g/mol. The first kappa shape index (κ1) is 15.1. The molecule has 0 spiro atoms. The van der Waals surface area contributed by atoms with E-state index in [9.17, 15) is 0 Å². The average molecular weight is 290 g/mol. The van der Waals surface area contributed by atoms with E-state index in [2.05, 4.69) is 36.2 Å². The van der Waals surface area contributed by atoms with Gasteiger partial charge in [-0.05, 0) is 31.5 Å². The van der Waals surface area contributed by atoms with Gasteiger partial charge < -0.3 is 5.32 Å². The van der Waals surface area contributed by atoms with Gasteiger partial charge in [-0.1, -0.05) is 25.6 Å². The van der Waals surface area contributed by atoms with Crippen molar-refractivity contribution < 1.29 is 0 Å². The van der Waals surface area contributed by atoms with Crippen LogP contribution in [0.2, 0.25) is 0 Å². The quantitative estimate of drug-likeness (QED) is 0.888. The fourth-order valence-electron chi connectivity index (χ4n) is 2.02. The fourth-order valence-corrected chi connectivity index (χ4v) is 3.01. The van der Waals surface area contributed by atoms with Crippen molar-refractivity contribution in [3.8, 4) is 0 Å². The highest BCUT2D eigenvalue weighted by atomic mass is 32.2. The third-order valence-corrected chi connectivity index (χ3v) is 4.22. The number of aryl methyl sites for hydroxylation is 2. The summed E-state index contributed by atoms with van der Waals surface area (Å²) in [5, 5.41) is 9.25. The SMILES string of the molecule is Cc1nn(C)c(Sc2ccncc2)c1CNCC(C)C. The largest absolute Gasteiger partial charge is 0.312 e. The summed E-state index contributed by atoms with van der Waals surface area (Å²) < 4.78 is 1.97. The van der Waals surface area contributed by atoms with E-state index in [1.165, 1.54) is 15.5 Å². The van der Waals surface area contributed by atoms with E-state index in [-0.39, 0.29) is 0 Å². The molecule has 0 saturated heterocycles. The molecule has 0 amide bonds. The van der Waals surface area contributed by atoms with Crippen molar-refractivity contribution in [1.82, 2.24) is 20.1 Å². The molecule has 2 rings (SSSR count). The zero-order valence-electron chi connectivity index (χ0n) is 12.6. The number of nitrogens with one attached hydrogen (secondary N) is 1. The van der Waals surface area contributed by atoms with Gasteiger partial charge in [-0.2, -0.15) is 5.10 Å². The predicted octanol–water partition coefficient (Wildman–Crippen LogP) is 3.02. The predicted molar refractivity (Wildman–Crippen MR) is 82.8 cm³/mol. The van der Waals surface area contributed by atoms with Crippen molar-refractivity contribution in [2.75, 3.05) is 6.54 Å². The topological polar surface area (TPSA) is 42.7 Å². The van der Waals surface area contributed by atoms with Gasteiger partial charge in [0.15, 0.2) is 0 Å². The Morgan fingerprint density at radius 3 is 2.65 bits per heavy atom. The van der Waals surface area contributed by atoms with Gasteiger partial charge in [0.2, 0.25) is 0 Å². The molecular formula is C15H22N4S. The minimum atomic E-state index is 0.656. The van der Waals surface area contributed by atoms with Gasteiger partial charge in [0.05, 0.1) is 5.69 Å². The summed E-state index contributed by atoms with van der Waals surface area (Å²) in [7, 11) is 2.00. The molecule has 2 heterocycles. The van der Waals surface area contributed by atoms with E-state index in [1.54, 1.807) is 11.8 Å². The second-order valence-corrected chi connectivity index (χ2v) is 6.36. The Bertz CT molecular complexity index is 549. The lowest BCUT2D eigenvalue weighted by molar-refractivity contribution is 0.548. The molecule has 20 heavy (non-hydrogen) atoms. The Labute approximate surface area is 125 Å². The van der Waals surface area contributed by atoms with Gasteiger partial charge in [-0.3, -0.25) is 9.67 Å². The summed E-state index contributed by atoms with van der Waals surface area (Å²) in [6, 6.07) is 4.05. The standard InChI is InChI=1S/C15H22N4S/c1-11(2)9-17-10-14-12(3)18-19(4)15(14)20-13-5-7-16-8-6-13/h5-8,11,17H,9-10H2,1-4H3. The van der Waals surface area contributed by atoms with Crippen molar-refractivity contribution >= 4 is 11.8 Å². The van der Waals surface area contributed by atoms with E-state index in [0.29, 0.717) is 5.92 Å². The highest BCUT2D eigenvalue weighted by Gasteiger charge is 2.14. The summed E-state index contributed by atoms with van der Waals surface area (Å²) in [4.78, 5) is 5.25. The van der Waals surface area contributed by atoms with Crippen LogP contribution in [-0.4, -0.2) is 21.3 Å². The third kappa shape index (κ3) is 3.84. The van der Waals surface area contributed by atoms with Crippen molar-refractivity contribution in [3.63, 3.8) is 0 Å². The molecule has 5 heteroatoms. The van der Waals surface area contributed by atoms with Gasteiger partial charge in [-0.15, -0.1) is 0 Å². The second kappa shape index (κ2) is 6.90. The maximum absolute atomic E-state index is 4.55. The van der Waals surface area contributed by atoms with Crippen LogP contribution in [0.3, 0.4) is 0 Å². The lowest BCUT2D eigenvalue weighted by Gasteiger charge is -2.09. The molecule has 0 aliphatic carbocycles. The Morgan fingerprint density at radius 1 is 1.30 bits per heavy atom. The molecule has 0 aromatic carbocycles. The molecule has 108 valence electrons. The van der Waals surface area contributed by atoms with Crippen LogP contribution < -0.4 is 5.32 Å². The molecule has 0 aliphatic rings. The normalized spacial score (nSPS) is 11.2. The minimum Gasteiger partial charge on any atom is -0.312 e. The molecule has 0 atom stereocenters. The molecule has 0 aliphatic heterocycles. The van der Waals surface area contributed by atoms with Crippen LogP contribution >= 0.6 is 11.8 Å². The van der Waals surface area contributed by atoms with Crippen LogP contribution in [0.25, 0.3) is 0 Å². The van der Waals surface area contributed by atoms with Gasteiger partial charge >= 0.3 is 0 Å².